The van der Waals surface area contributed by atoms with Crippen LogP contribution in [0.3, 0.4) is 0 Å². The molecule has 1 aliphatic heterocycles. The first kappa shape index (κ1) is 13.2. The summed E-state index contributed by atoms with van der Waals surface area (Å²) in [6, 6.07) is 4.62. The molecule has 1 aromatic rings. The van der Waals surface area contributed by atoms with Gasteiger partial charge in [-0.1, -0.05) is 6.07 Å². The van der Waals surface area contributed by atoms with Gasteiger partial charge in [0.05, 0.1) is 26.0 Å². The highest BCUT2D eigenvalue weighted by Crippen LogP contribution is 2.29. The number of methoxy groups -OCH3 is 1. The highest BCUT2D eigenvalue weighted by molar-refractivity contribution is 5.61. The topological polar surface area (TPSA) is 42.5 Å². The van der Waals surface area contributed by atoms with E-state index in [1.54, 1.807) is 7.11 Å². The second-order valence-electron chi connectivity index (χ2n) is 4.77. The molecule has 1 atom stereocenters. The molecule has 0 bridgehead atoms. The van der Waals surface area contributed by atoms with Crippen LogP contribution < -0.4 is 15.4 Å². The van der Waals surface area contributed by atoms with Crippen molar-refractivity contribution in [2.75, 3.05) is 38.7 Å². The highest BCUT2D eigenvalue weighted by Gasteiger charge is 2.14. The molecule has 0 amide bonds. The van der Waals surface area contributed by atoms with E-state index >= 15 is 0 Å². The molecule has 0 aliphatic carbocycles. The number of nitrogens with one attached hydrogen (secondary N) is 2. The van der Waals surface area contributed by atoms with E-state index in [2.05, 4.69) is 36.6 Å². The Morgan fingerprint density at radius 3 is 2.94 bits per heavy atom. The van der Waals surface area contributed by atoms with E-state index in [0.717, 1.165) is 43.3 Å². The summed E-state index contributed by atoms with van der Waals surface area (Å²) in [6.45, 7) is 7.51. The van der Waals surface area contributed by atoms with E-state index in [1.165, 1.54) is 5.56 Å². The maximum absolute atomic E-state index is 5.46. The van der Waals surface area contributed by atoms with Crippen molar-refractivity contribution in [2.24, 2.45) is 0 Å². The number of ether oxygens (including phenoxy) is 2. The van der Waals surface area contributed by atoms with Gasteiger partial charge < -0.3 is 20.1 Å². The molecule has 1 saturated heterocycles. The van der Waals surface area contributed by atoms with Crippen molar-refractivity contribution in [3.8, 4) is 5.75 Å². The lowest BCUT2D eigenvalue weighted by atomic mass is 10.1. The molecular formula is C14H22N2O2. The van der Waals surface area contributed by atoms with Crippen LogP contribution in [-0.2, 0) is 4.74 Å². The molecule has 1 heterocycles. The van der Waals surface area contributed by atoms with Crippen molar-refractivity contribution in [3.63, 3.8) is 0 Å². The van der Waals surface area contributed by atoms with Crippen LogP contribution in [0.5, 0.6) is 5.75 Å². The SMILES string of the molecule is COc1c(C)cc(C)cc1NCC1COCCN1. The van der Waals surface area contributed by atoms with Gasteiger partial charge in [0.15, 0.2) is 0 Å². The number of benzene rings is 1. The van der Waals surface area contributed by atoms with Crippen LogP contribution in [0.4, 0.5) is 5.69 Å². The first-order valence-electron chi connectivity index (χ1n) is 6.41. The van der Waals surface area contributed by atoms with Crippen LogP contribution in [0.25, 0.3) is 0 Å². The molecule has 0 saturated carbocycles. The molecule has 4 heteroatoms. The normalized spacial score (nSPS) is 19.6. The summed E-state index contributed by atoms with van der Waals surface area (Å²) in [7, 11) is 1.71. The van der Waals surface area contributed by atoms with Crippen molar-refractivity contribution >= 4 is 5.69 Å². The summed E-state index contributed by atoms with van der Waals surface area (Å²) < 4.78 is 10.9. The third-order valence-corrected chi connectivity index (χ3v) is 3.16. The van der Waals surface area contributed by atoms with E-state index < -0.39 is 0 Å². The van der Waals surface area contributed by atoms with Gasteiger partial charge >= 0.3 is 0 Å². The van der Waals surface area contributed by atoms with Crippen LogP contribution in [0.15, 0.2) is 12.1 Å². The van der Waals surface area contributed by atoms with E-state index in [4.69, 9.17) is 9.47 Å². The van der Waals surface area contributed by atoms with E-state index in [9.17, 15) is 0 Å². The van der Waals surface area contributed by atoms with Crippen molar-refractivity contribution in [1.82, 2.24) is 5.32 Å². The third-order valence-electron chi connectivity index (χ3n) is 3.16. The Kier molecular flexibility index (Phi) is 4.44. The fraction of sp³-hybridized carbons (Fsp3) is 0.571. The average Bonchev–Trinajstić information content (AvgIpc) is 2.37. The molecular weight excluding hydrogens is 228 g/mol. The van der Waals surface area contributed by atoms with Gasteiger partial charge in [-0.15, -0.1) is 0 Å². The molecule has 1 unspecified atom stereocenters. The number of hydrogen-bond donors (Lipinski definition) is 2. The molecule has 2 N–H and O–H groups in total. The van der Waals surface area contributed by atoms with Gasteiger partial charge in [-0.25, -0.2) is 0 Å². The van der Waals surface area contributed by atoms with Gasteiger partial charge in [-0.2, -0.15) is 0 Å². The lowest BCUT2D eigenvalue weighted by Gasteiger charge is -2.25. The molecule has 1 aliphatic rings. The maximum atomic E-state index is 5.46. The molecule has 1 aromatic carbocycles. The quantitative estimate of drug-likeness (QED) is 0.854. The fourth-order valence-corrected chi connectivity index (χ4v) is 2.34. The highest BCUT2D eigenvalue weighted by atomic mass is 16.5. The second kappa shape index (κ2) is 6.07. The van der Waals surface area contributed by atoms with Gasteiger partial charge in [-0.05, 0) is 31.0 Å². The summed E-state index contributed by atoms with van der Waals surface area (Å²) in [5, 5.41) is 6.88. The maximum Gasteiger partial charge on any atom is 0.144 e. The largest absolute Gasteiger partial charge is 0.494 e. The van der Waals surface area contributed by atoms with Crippen molar-refractivity contribution in [1.29, 1.82) is 0 Å². The number of hydrogen-bond acceptors (Lipinski definition) is 4. The van der Waals surface area contributed by atoms with Gasteiger partial charge in [0, 0.05) is 19.1 Å². The minimum atomic E-state index is 0.365. The lowest BCUT2D eigenvalue weighted by Crippen LogP contribution is -2.45. The number of morpholine rings is 1. The van der Waals surface area contributed by atoms with E-state index in [1.807, 2.05) is 0 Å². The van der Waals surface area contributed by atoms with Crippen LogP contribution in [0, 0.1) is 13.8 Å². The standard InChI is InChI=1S/C14H22N2O2/c1-10-6-11(2)14(17-3)13(7-10)16-8-12-9-18-5-4-15-12/h6-7,12,15-16H,4-5,8-9H2,1-3H3. The van der Waals surface area contributed by atoms with Gasteiger partial charge in [0.25, 0.3) is 0 Å². The molecule has 1 fully saturated rings. The smallest absolute Gasteiger partial charge is 0.144 e. The van der Waals surface area contributed by atoms with Gasteiger partial charge in [-0.3, -0.25) is 0 Å². The molecule has 0 radical (unpaired) electrons. The predicted octanol–water partition coefficient (Wildman–Crippen LogP) is 1.71. The first-order valence-corrected chi connectivity index (χ1v) is 6.41. The van der Waals surface area contributed by atoms with Gasteiger partial charge in [0.1, 0.15) is 5.75 Å². The number of aryl methyl sites for hydroxylation is 2. The monoisotopic (exact) mass is 250 g/mol. The van der Waals surface area contributed by atoms with Crippen molar-refractivity contribution in [3.05, 3.63) is 23.3 Å². The Balaban J connectivity index is 2.03. The van der Waals surface area contributed by atoms with Crippen molar-refractivity contribution in [2.45, 2.75) is 19.9 Å². The molecule has 4 nitrogen and oxygen atoms in total. The zero-order valence-corrected chi connectivity index (χ0v) is 11.4. The van der Waals surface area contributed by atoms with Gasteiger partial charge in [0.2, 0.25) is 0 Å². The molecule has 0 spiro atoms. The minimum absolute atomic E-state index is 0.365. The van der Waals surface area contributed by atoms with E-state index in [-0.39, 0.29) is 0 Å². The zero-order chi connectivity index (χ0) is 13.0. The van der Waals surface area contributed by atoms with E-state index in [0.29, 0.717) is 6.04 Å². The van der Waals surface area contributed by atoms with Crippen LogP contribution >= 0.6 is 0 Å². The number of rotatable bonds is 4. The Bertz CT molecular complexity index is 401. The Labute approximate surface area is 109 Å². The summed E-state index contributed by atoms with van der Waals surface area (Å²) in [5.41, 5.74) is 3.46. The summed E-state index contributed by atoms with van der Waals surface area (Å²) in [5.74, 6) is 0.928. The summed E-state index contributed by atoms with van der Waals surface area (Å²) >= 11 is 0. The average molecular weight is 250 g/mol. The summed E-state index contributed by atoms with van der Waals surface area (Å²) in [4.78, 5) is 0. The zero-order valence-electron chi connectivity index (χ0n) is 11.4. The van der Waals surface area contributed by atoms with Crippen LogP contribution in [-0.4, -0.2) is 39.5 Å². The lowest BCUT2D eigenvalue weighted by molar-refractivity contribution is 0.0806. The Morgan fingerprint density at radius 1 is 1.44 bits per heavy atom. The van der Waals surface area contributed by atoms with Crippen LogP contribution in [0.1, 0.15) is 11.1 Å². The molecule has 18 heavy (non-hydrogen) atoms. The first-order chi connectivity index (χ1) is 8.70. The minimum Gasteiger partial charge on any atom is -0.494 e. The van der Waals surface area contributed by atoms with Crippen LogP contribution in [0.2, 0.25) is 0 Å². The Hall–Kier alpha value is -1.26. The van der Waals surface area contributed by atoms with Crippen molar-refractivity contribution < 1.29 is 9.47 Å². The second-order valence-corrected chi connectivity index (χ2v) is 4.77. The molecule has 100 valence electrons. The third kappa shape index (κ3) is 3.15. The molecule has 2 rings (SSSR count). The predicted molar refractivity (Wildman–Crippen MR) is 73.6 cm³/mol. The molecule has 0 aromatic heterocycles. The Morgan fingerprint density at radius 2 is 2.28 bits per heavy atom. The summed E-state index contributed by atoms with van der Waals surface area (Å²) in [6.07, 6.45) is 0. The number of anilines is 1. The fourth-order valence-electron chi connectivity index (χ4n) is 2.34.